The highest BCUT2D eigenvalue weighted by molar-refractivity contribution is 9.11. The van der Waals surface area contributed by atoms with Crippen LogP contribution in [-0.4, -0.2) is 19.0 Å². The van der Waals surface area contributed by atoms with Crippen LogP contribution in [0.15, 0.2) is 44.7 Å². The zero-order valence-electron chi connectivity index (χ0n) is 10.7. The van der Waals surface area contributed by atoms with E-state index < -0.39 is 0 Å². The van der Waals surface area contributed by atoms with Crippen LogP contribution in [0.4, 0.5) is 5.69 Å². The van der Waals surface area contributed by atoms with Crippen molar-refractivity contribution in [2.45, 2.75) is 6.42 Å². The fourth-order valence-electron chi connectivity index (χ4n) is 1.66. The number of hydrogen-bond donors (Lipinski definition) is 2. The minimum absolute atomic E-state index is 0.0377. The number of rotatable bonds is 6. The van der Waals surface area contributed by atoms with Gasteiger partial charge in [-0.1, -0.05) is 12.1 Å². The first kappa shape index (κ1) is 15.7. The number of anilines is 1. The Morgan fingerprint density at radius 3 is 2.65 bits per heavy atom. The summed E-state index contributed by atoms with van der Waals surface area (Å²) in [6.45, 7) is 1.10. The molecule has 0 saturated carbocycles. The van der Waals surface area contributed by atoms with Crippen LogP contribution in [0, 0.1) is 0 Å². The molecule has 2 rings (SSSR count). The van der Waals surface area contributed by atoms with Gasteiger partial charge in [0.05, 0.1) is 16.0 Å². The molecule has 0 aliphatic heterocycles. The number of carbonyl (C=O) groups excluding carboxylic acids is 1. The SMILES string of the molecule is O=C(CNCCc1ccc(Br)s1)Nc1ccccc1Br. The average molecular weight is 418 g/mol. The van der Waals surface area contributed by atoms with Crippen LogP contribution in [0.25, 0.3) is 0 Å². The van der Waals surface area contributed by atoms with E-state index in [4.69, 9.17) is 0 Å². The van der Waals surface area contributed by atoms with Gasteiger partial charge in [0.2, 0.25) is 5.91 Å². The Hall–Kier alpha value is -0.690. The molecule has 0 unspecified atom stereocenters. The van der Waals surface area contributed by atoms with E-state index in [-0.39, 0.29) is 5.91 Å². The second kappa shape index (κ2) is 7.93. The number of carbonyl (C=O) groups is 1. The molecule has 20 heavy (non-hydrogen) atoms. The predicted octanol–water partition coefficient (Wildman–Crippen LogP) is 4.04. The lowest BCUT2D eigenvalue weighted by atomic mass is 10.3. The molecule has 6 heteroatoms. The Kier molecular flexibility index (Phi) is 6.22. The van der Waals surface area contributed by atoms with Gasteiger partial charge in [-0.25, -0.2) is 0 Å². The van der Waals surface area contributed by atoms with E-state index in [2.05, 4.69) is 48.6 Å². The van der Waals surface area contributed by atoms with E-state index in [1.807, 2.05) is 30.3 Å². The molecular formula is C14H14Br2N2OS. The minimum Gasteiger partial charge on any atom is -0.324 e. The average Bonchev–Trinajstić information content (AvgIpc) is 2.83. The molecule has 1 heterocycles. The number of amides is 1. The zero-order chi connectivity index (χ0) is 14.4. The van der Waals surface area contributed by atoms with Crippen LogP contribution in [0.1, 0.15) is 4.88 Å². The summed E-state index contributed by atoms with van der Waals surface area (Å²) in [6, 6.07) is 11.7. The Morgan fingerprint density at radius 1 is 1.15 bits per heavy atom. The Morgan fingerprint density at radius 2 is 1.95 bits per heavy atom. The van der Waals surface area contributed by atoms with E-state index in [0.717, 1.165) is 26.9 Å². The normalized spacial score (nSPS) is 10.5. The molecule has 0 aliphatic carbocycles. The highest BCUT2D eigenvalue weighted by Crippen LogP contribution is 2.22. The van der Waals surface area contributed by atoms with Gasteiger partial charge in [0.25, 0.3) is 0 Å². The molecule has 0 fully saturated rings. The number of thiophene rings is 1. The standard InChI is InChI=1S/C14H14Br2N2OS/c15-11-3-1-2-4-12(11)18-14(19)9-17-8-7-10-5-6-13(16)20-10/h1-6,17H,7-9H2,(H,18,19). The van der Waals surface area contributed by atoms with Gasteiger partial charge in [0, 0.05) is 15.9 Å². The molecular weight excluding hydrogens is 404 g/mol. The fraction of sp³-hybridized carbons (Fsp3) is 0.214. The quantitative estimate of drug-likeness (QED) is 0.696. The lowest BCUT2D eigenvalue weighted by Gasteiger charge is -2.07. The maximum atomic E-state index is 11.8. The van der Waals surface area contributed by atoms with E-state index in [9.17, 15) is 4.79 Å². The molecule has 0 saturated heterocycles. The van der Waals surface area contributed by atoms with Crippen molar-refractivity contribution in [1.82, 2.24) is 5.32 Å². The maximum Gasteiger partial charge on any atom is 0.238 e. The molecule has 1 amide bonds. The number of para-hydroxylation sites is 1. The van der Waals surface area contributed by atoms with E-state index in [1.165, 1.54) is 4.88 Å². The monoisotopic (exact) mass is 416 g/mol. The summed E-state index contributed by atoms with van der Waals surface area (Å²) < 4.78 is 2.02. The number of benzene rings is 1. The smallest absolute Gasteiger partial charge is 0.238 e. The largest absolute Gasteiger partial charge is 0.324 e. The lowest BCUT2D eigenvalue weighted by molar-refractivity contribution is -0.115. The molecule has 106 valence electrons. The third kappa shape index (κ3) is 5.01. The van der Waals surface area contributed by atoms with Gasteiger partial charge in [-0.3, -0.25) is 4.79 Å². The minimum atomic E-state index is -0.0377. The molecule has 0 bridgehead atoms. The summed E-state index contributed by atoms with van der Waals surface area (Å²) in [5, 5.41) is 6.01. The van der Waals surface area contributed by atoms with Gasteiger partial charge in [0.1, 0.15) is 0 Å². The fourth-order valence-corrected chi connectivity index (χ4v) is 3.52. The van der Waals surface area contributed by atoms with E-state index >= 15 is 0 Å². The van der Waals surface area contributed by atoms with Crippen LogP contribution in [0.2, 0.25) is 0 Å². The number of nitrogens with one attached hydrogen (secondary N) is 2. The van der Waals surface area contributed by atoms with Crippen molar-refractivity contribution in [2.24, 2.45) is 0 Å². The maximum absolute atomic E-state index is 11.8. The zero-order valence-corrected chi connectivity index (χ0v) is 14.6. The highest BCUT2D eigenvalue weighted by Gasteiger charge is 2.04. The first-order valence-electron chi connectivity index (χ1n) is 6.14. The summed E-state index contributed by atoms with van der Waals surface area (Å²) in [5.74, 6) is -0.0377. The van der Waals surface area contributed by atoms with Gasteiger partial charge in [-0.2, -0.15) is 0 Å². The summed E-state index contributed by atoms with van der Waals surface area (Å²) in [7, 11) is 0. The summed E-state index contributed by atoms with van der Waals surface area (Å²) >= 11 is 8.56. The molecule has 2 N–H and O–H groups in total. The molecule has 3 nitrogen and oxygen atoms in total. The third-order valence-electron chi connectivity index (χ3n) is 2.61. The lowest BCUT2D eigenvalue weighted by Crippen LogP contribution is -2.29. The summed E-state index contributed by atoms with van der Waals surface area (Å²) in [6.07, 6.45) is 0.929. The molecule has 1 aromatic heterocycles. The first-order chi connectivity index (χ1) is 9.65. The molecule has 0 aliphatic rings. The van der Waals surface area contributed by atoms with Crippen LogP contribution >= 0.6 is 43.2 Å². The second-order valence-corrected chi connectivity index (χ2v) is 7.56. The van der Waals surface area contributed by atoms with Gasteiger partial charge < -0.3 is 10.6 Å². The van der Waals surface area contributed by atoms with E-state index in [0.29, 0.717) is 6.54 Å². The van der Waals surface area contributed by atoms with Gasteiger partial charge in [-0.15, -0.1) is 11.3 Å². The van der Waals surface area contributed by atoms with Crippen molar-refractivity contribution in [1.29, 1.82) is 0 Å². The van der Waals surface area contributed by atoms with Crippen LogP contribution in [0.5, 0.6) is 0 Å². The third-order valence-corrected chi connectivity index (χ3v) is 4.99. The van der Waals surface area contributed by atoms with Crippen LogP contribution in [0.3, 0.4) is 0 Å². The van der Waals surface area contributed by atoms with Crippen molar-refractivity contribution in [3.05, 3.63) is 49.5 Å². The second-order valence-electron chi connectivity index (χ2n) is 4.16. The summed E-state index contributed by atoms with van der Waals surface area (Å²) in [5.41, 5.74) is 0.793. The highest BCUT2D eigenvalue weighted by atomic mass is 79.9. The van der Waals surface area contributed by atoms with E-state index in [1.54, 1.807) is 11.3 Å². The van der Waals surface area contributed by atoms with Crippen LogP contribution < -0.4 is 10.6 Å². The van der Waals surface area contributed by atoms with Crippen molar-refractivity contribution < 1.29 is 4.79 Å². The Labute approximate surface area is 139 Å². The topological polar surface area (TPSA) is 41.1 Å². The summed E-state index contributed by atoms with van der Waals surface area (Å²) in [4.78, 5) is 13.1. The molecule has 2 aromatic rings. The number of halogens is 2. The predicted molar refractivity (Wildman–Crippen MR) is 91.4 cm³/mol. The Bertz CT molecular complexity index is 586. The van der Waals surface area contributed by atoms with Crippen molar-refractivity contribution in [3.63, 3.8) is 0 Å². The van der Waals surface area contributed by atoms with Gasteiger partial charge in [-0.05, 0) is 62.5 Å². The number of hydrogen-bond acceptors (Lipinski definition) is 3. The van der Waals surface area contributed by atoms with Crippen molar-refractivity contribution in [2.75, 3.05) is 18.4 Å². The van der Waals surface area contributed by atoms with Crippen LogP contribution in [-0.2, 0) is 11.2 Å². The molecule has 1 aromatic carbocycles. The Balaban J connectivity index is 1.69. The first-order valence-corrected chi connectivity index (χ1v) is 8.55. The molecule has 0 atom stereocenters. The van der Waals surface area contributed by atoms with Gasteiger partial charge in [0.15, 0.2) is 0 Å². The van der Waals surface area contributed by atoms with Crippen molar-refractivity contribution >= 4 is 54.8 Å². The molecule has 0 radical (unpaired) electrons. The van der Waals surface area contributed by atoms with Gasteiger partial charge >= 0.3 is 0 Å². The molecule has 0 spiro atoms. The van der Waals surface area contributed by atoms with Crippen molar-refractivity contribution in [3.8, 4) is 0 Å².